The molecule has 0 N–H and O–H groups in total. The van der Waals surface area contributed by atoms with Crippen LogP contribution in [-0.2, 0) is 10.2 Å². The number of esters is 1. The molecule has 4 aromatic carbocycles. The normalized spacial score (nSPS) is 17.4. The number of para-hydroxylation sites is 2. The van der Waals surface area contributed by atoms with Crippen LogP contribution in [0.2, 0.25) is 0 Å². The molecule has 0 radical (unpaired) electrons. The Hall–Kier alpha value is -4.24. The summed E-state index contributed by atoms with van der Waals surface area (Å²) in [5.74, 6) is 0.334. The summed E-state index contributed by atoms with van der Waals surface area (Å²) in [5, 5.41) is 1.12. The minimum absolute atomic E-state index is 0.206. The van der Waals surface area contributed by atoms with Crippen LogP contribution in [0.3, 0.4) is 0 Å². The number of rotatable bonds is 7. The largest absolute Gasteiger partial charge is 0.426 e. The first-order valence-corrected chi connectivity index (χ1v) is 13.4. The second-order valence-electron chi connectivity index (χ2n) is 10.6. The highest BCUT2D eigenvalue weighted by atomic mass is 16.5. The molecule has 38 heavy (non-hydrogen) atoms. The summed E-state index contributed by atoms with van der Waals surface area (Å²) in [4.78, 5) is 18.6. The van der Waals surface area contributed by atoms with Crippen molar-refractivity contribution in [2.45, 2.75) is 38.0 Å². The quantitative estimate of drug-likeness (QED) is 0.168. The van der Waals surface area contributed by atoms with Crippen molar-refractivity contribution in [2.75, 3.05) is 0 Å². The van der Waals surface area contributed by atoms with Crippen LogP contribution in [0.25, 0.3) is 22.2 Å². The molecule has 0 saturated heterocycles. The second kappa shape index (κ2) is 9.90. The minimum atomic E-state index is -0.382. The van der Waals surface area contributed by atoms with E-state index in [9.17, 15) is 4.79 Å². The highest BCUT2D eigenvalue weighted by molar-refractivity contribution is 5.88. The van der Waals surface area contributed by atoms with Crippen LogP contribution < -0.4 is 4.74 Å². The van der Waals surface area contributed by atoms with Gasteiger partial charge in [-0.05, 0) is 59.7 Å². The number of fused-ring (bicyclic) bond motifs is 4. The minimum Gasteiger partial charge on any atom is -0.426 e. The summed E-state index contributed by atoms with van der Waals surface area (Å²) < 4.78 is 5.81. The van der Waals surface area contributed by atoms with Crippen molar-refractivity contribution in [3.8, 4) is 17.0 Å². The van der Waals surface area contributed by atoms with Gasteiger partial charge in [-0.2, -0.15) is 0 Å². The summed E-state index contributed by atoms with van der Waals surface area (Å²) in [7, 11) is 0. The van der Waals surface area contributed by atoms with Crippen LogP contribution in [0.4, 0.5) is 0 Å². The number of hydrogen-bond donors (Lipinski definition) is 0. The van der Waals surface area contributed by atoms with E-state index in [-0.39, 0.29) is 23.2 Å². The third-order valence-corrected chi connectivity index (χ3v) is 7.98. The lowest BCUT2D eigenvalue weighted by atomic mass is 9.66. The van der Waals surface area contributed by atoms with Gasteiger partial charge in [-0.3, -0.25) is 4.79 Å². The van der Waals surface area contributed by atoms with Gasteiger partial charge in [0.05, 0.1) is 17.1 Å². The number of pyridine rings is 1. The molecule has 1 aliphatic carbocycles. The Morgan fingerprint density at radius 3 is 2.21 bits per heavy atom. The second-order valence-corrected chi connectivity index (χ2v) is 10.6. The smallest absolute Gasteiger partial charge is 0.314 e. The summed E-state index contributed by atoms with van der Waals surface area (Å²) in [6.45, 7) is 4.29. The molecular formula is C35H31NO2. The molecule has 1 aliphatic rings. The summed E-state index contributed by atoms with van der Waals surface area (Å²) in [6, 6.07) is 39.2. The van der Waals surface area contributed by atoms with Crippen molar-refractivity contribution < 1.29 is 9.53 Å². The van der Waals surface area contributed by atoms with Crippen molar-refractivity contribution in [2.24, 2.45) is 5.92 Å². The number of aromatic nitrogens is 1. The Kier molecular flexibility index (Phi) is 6.29. The Morgan fingerprint density at radius 1 is 0.763 bits per heavy atom. The van der Waals surface area contributed by atoms with Crippen LogP contribution in [0.5, 0.6) is 5.75 Å². The van der Waals surface area contributed by atoms with Gasteiger partial charge in [0.1, 0.15) is 5.75 Å². The van der Waals surface area contributed by atoms with E-state index < -0.39 is 0 Å². The lowest BCUT2D eigenvalue weighted by Crippen LogP contribution is -2.33. The van der Waals surface area contributed by atoms with Gasteiger partial charge in [0.2, 0.25) is 0 Å². The molecule has 3 atom stereocenters. The molecule has 0 fully saturated rings. The first kappa shape index (κ1) is 24.1. The first-order chi connectivity index (χ1) is 18.5. The Labute approximate surface area is 224 Å². The molecule has 0 saturated carbocycles. The van der Waals surface area contributed by atoms with E-state index >= 15 is 0 Å². The number of carbonyl (C=O) groups is 1. The molecule has 0 amide bonds. The van der Waals surface area contributed by atoms with E-state index in [2.05, 4.69) is 85.8 Å². The van der Waals surface area contributed by atoms with Crippen LogP contribution in [0, 0.1) is 5.92 Å². The first-order valence-electron chi connectivity index (χ1n) is 13.4. The lowest BCUT2D eigenvalue weighted by Gasteiger charge is -2.36. The number of ether oxygens (including phenoxy) is 1. The fourth-order valence-electron chi connectivity index (χ4n) is 6.19. The average Bonchev–Trinajstić information content (AvgIpc) is 3.21. The summed E-state index contributed by atoms with van der Waals surface area (Å²) >= 11 is 0. The zero-order chi connectivity index (χ0) is 26.1. The predicted octanol–water partition coefficient (Wildman–Crippen LogP) is 8.33. The molecule has 5 aromatic rings. The summed E-state index contributed by atoms with van der Waals surface area (Å²) in [6.07, 6.45) is 1.50. The monoisotopic (exact) mass is 497 g/mol. The molecule has 0 spiro atoms. The zero-order valence-electron chi connectivity index (χ0n) is 21.8. The molecule has 188 valence electrons. The van der Waals surface area contributed by atoms with Crippen LogP contribution >= 0.6 is 0 Å². The maximum Gasteiger partial charge on any atom is 0.314 e. The van der Waals surface area contributed by atoms with E-state index in [1.807, 2.05) is 43.3 Å². The molecular weight excluding hydrogens is 466 g/mol. The van der Waals surface area contributed by atoms with Gasteiger partial charge in [0.25, 0.3) is 0 Å². The SMILES string of the molecule is C[C@@H](CC1(C[C@H](C)c2ccccc2)c2ccccc2-c2nc3ccccc3cc21)C(=O)Oc1ccccc1. The van der Waals surface area contributed by atoms with Crippen LogP contribution in [-0.4, -0.2) is 11.0 Å². The Morgan fingerprint density at radius 2 is 1.42 bits per heavy atom. The lowest BCUT2D eigenvalue weighted by molar-refractivity contribution is -0.139. The van der Waals surface area contributed by atoms with Gasteiger partial charge >= 0.3 is 5.97 Å². The fourth-order valence-corrected chi connectivity index (χ4v) is 6.19. The highest BCUT2D eigenvalue weighted by Gasteiger charge is 2.46. The predicted molar refractivity (Wildman–Crippen MR) is 153 cm³/mol. The molecule has 6 rings (SSSR count). The van der Waals surface area contributed by atoms with Crippen molar-refractivity contribution in [3.05, 3.63) is 132 Å². The molecule has 3 heteroatoms. The number of carbonyl (C=O) groups excluding carboxylic acids is 1. The van der Waals surface area contributed by atoms with E-state index in [0.29, 0.717) is 12.2 Å². The van der Waals surface area contributed by atoms with Gasteiger partial charge in [0.15, 0.2) is 0 Å². The molecule has 1 unspecified atom stereocenters. The van der Waals surface area contributed by atoms with E-state index in [1.54, 1.807) is 0 Å². The molecule has 0 aliphatic heterocycles. The molecule has 1 heterocycles. The van der Waals surface area contributed by atoms with Crippen LogP contribution in [0.15, 0.2) is 115 Å². The van der Waals surface area contributed by atoms with E-state index in [0.717, 1.165) is 28.6 Å². The Balaban J connectivity index is 1.48. The third-order valence-electron chi connectivity index (χ3n) is 7.98. The van der Waals surface area contributed by atoms with Gasteiger partial charge in [-0.1, -0.05) is 105 Å². The van der Waals surface area contributed by atoms with Gasteiger partial charge < -0.3 is 4.74 Å². The Bertz CT molecular complexity index is 1600. The standard InChI is InChI=1S/C35H31NO2/c1-24(26-13-5-3-6-14-26)22-35(23-25(2)34(37)38-28-16-7-4-8-17-28)30-19-11-10-18-29(30)33-31(35)21-27-15-9-12-20-32(27)36-33/h3-21,24-25H,22-23H2,1-2H3/t24-,25-,35?/m0/s1. The summed E-state index contributed by atoms with van der Waals surface area (Å²) in [5.41, 5.74) is 6.56. The number of benzene rings is 4. The van der Waals surface area contributed by atoms with Crippen molar-refractivity contribution in [1.82, 2.24) is 4.98 Å². The van der Waals surface area contributed by atoms with Crippen molar-refractivity contribution in [1.29, 1.82) is 0 Å². The van der Waals surface area contributed by atoms with Crippen LogP contribution in [0.1, 0.15) is 49.3 Å². The maximum atomic E-state index is 13.4. The van der Waals surface area contributed by atoms with Gasteiger partial charge in [0, 0.05) is 16.4 Å². The third kappa shape index (κ3) is 4.28. The highest BCUT2D eigenvalue weighted by Crippen LogP contribution is 2.55. The van der Waals surface area contributed by atoms with E-state index in [4.69, 9.17) is 9.72 Å². The van der Waals surface area contributed by atoms with Crippen molar-refractivity contribution >= 4 is 16.9 Å². The maximum absolute atomic E-state index is 13.4. The van der Waals surface area contributed by atoms with E-state index in [1.165, 1.54) is 16.7 Å². The van der Waals surface area contributed by atoms with Gasteiger partial charge in [-0.25, -0.2) is 4.98 Å². The topological polar surface area (TPSA) is 39.2 Å². The number of hydrogen-bond acceptors (Lipinski definition) is 3. The van der Waals surface area contributed by atoms with Crippen molar-refractivity contribution in [3.63, 3.8) is 0 Å². The average molecular weight is 498 g/mol. The number of nitrogens with zero attached hydrogens (tertiary/aromatic N) is 1. The molecule has 3 nitrogen and oxygen atoms in total. The fraction of sp³-hybridized carbons (Fsp3) is 0.200. The molecule has 1 aromatic heterocycles. The van der Waals surface area contributed by atoms with Gasteiger partial charge in [-0.15, -0.1) is 0 Å². The zero-order valence-corrected chi connectivity index (χ0v) is 21.8. The molecule has 0 bridgehead atoms.